The molecule has 1 heterocycles. The highest BCUT2D eigenvalue weighted by molar-refractivity contribution is 5.42. The first-order chi connectivity index (χ1) is 9.80. The van der Waals surface area contributed by atoms with Crippen LogP contribution >= 0.6 is 0 Å². The van der Waals surface area contributed by atoms with Gasteiger partial charge in [-0.25, -0.2) is 0 Å². The molecule has 1 unspecified atom stereocenters. The molecule has 0 aliphatic carbocycles. The maximum Gasteiger partial charge on any atom is 0.124 e. The molecule has 1 aliphatic rings. The summed E-state index contributed by atoms with van der Waals surface area (Å²) in [5.74, 6) is 2.71. The van der Waals surface area contributed by atoms with Gasteiger partial charge in [-0.2, -0.15) is 0 Å². The normalized spacial score (nSPS) is 17.0. The van der Waals surface area contributed by atoms with Crippen molar-refractivity contribution in [2.75, 3.05) is 14.2 Å². The van der Waals surface area contributed by atoms with Crippen molar-refractivity contribution in [3.63, 3.8) is 0 Å². The van der Waals surface area contributed by atoms with Crippen molar-refractivity contribution >= 4 is 0 Å². The average molecular weight is 270 g/mol. The van der Waals surface area contributed by atoms with Crippen LogP contribution in [0.2, 0.25) is 0 Å². The third kappa shape index (κ3) is 2.44. The van der Waals surface area contributed by atoms with Crippen LogP contribution in [-0.4, -0.2) is 14.2 Å². The Hall–Kier alpha value is -2.16. The van der Waals surface area contributed by atoms with Gasteiger partial charge in [0.15, 0.2) is 0 Å². The number of methoxy groups -OCH3 is 2. The highest BCUT2D eigenvalue weighted by atomic mass is 16.5. The van der Waals surface area contributed by atoms with E-state index in [0.29, 0.717) is 0 Å². The number of fused-ring (bicyclic) bond motifs is 1. The van der Waals surface area contributed by atoms with Crippen molar-refractivity contribution in [1.29, 1.82) is 0 Å². The van der Waals surface area contributed by atoms with Crippen LogP contribution in [-0.2, 0) is 6.42 Å². The van der Waals surface area contributed by atoms with E-state index < -0.39 is 0 Å². The second-order valence-electron chi connectivity index (χ2n) is 4.89. The molecule has 1 atom stereocenters. The molecule has 3 nitrogen and oxygen atoms in total. The van der Waals surface area contributed by atoms with Gasteiger partial charge in [-0.05, 0) is 54.3 Å². The molecule has 20 heavy (non-hydrogen) atoms. The summed E-state index contributed by atoms with van der Waals surface area (Å²) in [4.78, 5) is 0. The standard InChI is InChI=1S/C17H18O3/c1-18-14-6-3-12(4-7-14)16-9-5-13-11-15(19-2)8-10-17(13)20-16/h3-4,6-8,10-11,16H,5,9H2,1-2H3. The van der Waals surface area contributed by atoms with Gasteiger partial charge < -0.3 is 14.2 Å². The lowest BCUT2D eigenvalue weighted by Crippen LogP contribution is -2.15. The SMILES string of the molecule is COc1ccc(C2CCc3cc(OC)ccc3O2)cc1. The summed E-state index contributed by atoms with van der Waals surface area (Å²) in [7, 11) is 3.36. The van der Waals surface area contributed by atoms with Gasteiger partial charge in [0.2, 0.25) is 0 Å². The van der Waals surface area contributed by atoms with Crippen molar-refractivity contribution in [3.05, 3.63) is 53.6 Å². The molecule has 0 radical (unpaired) electrons. The Labute approximate surface area is 119 Å². The highest BCUT2D eigenvalue weighted by Gasteiger charge is 2.21. The third-order valence-electron chi connectivity index (χ3n) is 3.70. The fourth-order valence-corrected chi connectivity index (χ4v) is 2.55. The summed E-state index contributed by atoms with van der Waals surface area (Å²) in [6, 6.07) is 14.1. The third-order valence-corrected chi connectivity index (χ3v) is 3.70. The van der Waals surface area contributed by atoms with Gasteiger partial charge in [-0.15, -0.1) is 0 Å². The zero-order valence-electron chi connectivity index (χ0n) is 11.8. The first-order valence-electron chi connectivity index (χ1n) is 6.77. The average Bonchev–Trinajstić information content (AvgIpc) is 2.54. The molecule has 0 amide bonds. The monoisotopic (exact) mass is 270 g/mol. The quantitative estimate of drug-likeness (QED) is 0.849. The number of aryl methyl sites for hydroxylation is 1. The Bertz CT molecular complexity index is 590. The molecule has 104 valence electrons. The van der Waals surface area contributed by atoms with Gasteiger partial charge in [-0.1, -0.05) is 12.1 Å². The first kappa shape index (κ1) is 12.9. The molecule has 0 aromatic heterocycles. The van der Waals surface area contributed by atoms with Crippen molar-refractivity contribution < 1.29 is 14.2 Å². The number of hydrogen-bond acceptors (Lipinski definition) is 3. The van der Waals surface area contributed by atoms with Crippen molar-refractivity contribution in [1.82, 2.24) is 0 Å². The van der Waals surface area contributed by atoms with Gasteiger partial charge >= 0.3 is 0 Å². The molecule has 2 aromatic carbocycles. The van der Waals surface area contributed by atoms with E-state index in [1.165, 1.54) is 11.1 Å². The second kappa shape index (κ2) is 5.45. The molecule has 2 aromatic rings. The fraction of sp³-hybridized carbons (Fsp3) is 0.294. The predicted octanol–water partition coefficient (Wildman–Crippen LogP) is 3.77. The highest BCUT2D eigenvalue weighted by Crippen LogP contribution is 2.36. The van der Waals surface area contributed by atoms with Crippen LogP contribution in [0.15, 0.2) is 42.5 Å². The van der Waals surface area contributed by atoms with E-state index in [1.807, 2.05) is 24.3 Å². The minimum Gasteiger partial charge on any atom is -0.497 e. The molecule has 3 heteroatoms. The predicted molar refractivity (Wildman–Crippen MR) is 77.7 cm³/mol. The second-order valence-corrected chi connectivity index (χ2v) is 4.89. The molecule has 3 rings (SSSR count). The summed E-state index contributed by atoms with van der Waals surface area (Å²) in [6.07, 6.45) is 2.09. The number of benzene rings is 2. The zero-order valence-corrected chi connectivity index (χ0v) is 11.8. The molecule has 0 spiro atoms. The maximum atomic E-state index is 6.09. The van der Waals surface area contributed by atoms with Gasteiger partial charge in [-0.3, -0.25) is 0 Å². The van der Waals surface area contributed by atoms with Crippen LogP contribution < -0.4 is 14.2 Å². The van der Waals surface area contributed by atoms with Crippen LogP contribution in [0.1, 0.15) is 23.7 Å². The Balaban J connectivity index is 1.80. The summed E-state index contributed by atoms with van der Waals surface area (Å²) < 4.78 is 16.5. The molecular formula is C17H18O3. The lowest BCUT2D eigenvalue weighted by atomic mass is 9.97. The van der Waals surface area contributed by atoms with E-state index >= 15 is 0 Å². The zero-order chi connectivity index (χ0) is 13.9. The van der Waals surface area contributed by atoms with Crippen LogP contribution in [0.25, 0.3) is 0 Å². The van der Waals surface area contributed by atoms with Crippen LogP contribution in [0.3, 0.4) is 0 Å². The van der Waals surface area contributed by atoms with Crippen LogP contribution in [0, 0.1) is 0 Å². The van der Waals surface area contributed by atoms with Gasteiger partial charge in [0.1, 0.15) is 23.4 Å². The summed E-state index contributed by atoms with van der Waals surface area (Å²) in [5, 5.41) is 0. The molecule has 0 N–H and O–H groups in total. The Morgan fingerprint density at radius 2 is 1.65 bits per heavy atom. The largest absolute Gasteiger partial charge is 0.497 e. The number of rotatable bonds is 3. The van der Waals surface area contributed by atoms with E-state index in [2.05, 4.69) is 18.2 Å². The van der Waals surface area contributed by atoms with Gasteiger partial charge in [0.05, 0.1) is 14.2 Å². The lowest BCUT2D eigenvalue weighted by molar-refractivity contribution is 0.176. The first-order valence-corrected chi connectivity index (χ1v) is 6.77. The smallest absolute Gasteiger partial charge is 0.124 e. The van der Waals surface area contributed by atoms with E-state index in [4.69, 9.17) is 14.2 Å². The van der Waals surface area contributed by atoms with Crippen LogP contribution in [0.5, 0.6) is 17.2 Å². The molecular weight excluding hydrogens is 252 g/mol. The van der Waals surface area contributed by atoms with E-state index in [9.17, 15) is 0 Å². The minimum absolute atomic E-state index is 0.113. The minimum atomic E-state index is 0.113. The van der Waals surface area contributed by atoms with Gasteiger partial charge in [0, 0.05) is 0 Å². The Morgan fingerprint density at radius 1 is 0.950 bits per heavy atom. The lowest BCUT2D eigenvalue weighted by Gasteiger charge is -2.26. The number of ether oxygens (including phenoxy) is 3. The number of hydrogen-bond donors (Lipinski definition) is 0. The van der Waals surface area contributed by atoms with Crippen molar-refractivity contribution in [3.8, 4) is 17.2 Å². The fourth-order valence-electron chi connectivity index (χ4n) is 2.55. The van der Waals surface area contributed by atoms with E-state index in [1.54, 1.807) is 14.2 Å². The maximum absolute atomic E-state index is 6.09. The van der Waals surface area contributed by atoms with E-state index in [-0.39, 0.29) is 6.10 Å². The topological polar surface area (TPSA) is 27.7 Å². The summed E-state index contributed by atoms with van der Waals surface area (Å²) >= 11 is 0. The van der Waals surface area contributed by atoms with Crippen LogP contribution in [0.4, 0.5) is 0 Å². The van der Waals surface area contributed by atoms with Crippen molar-refractivity contribution in [2.24, 2.45) is 0 Å². The molecule has 0 saturated heterocycles. The Morgan fingerprint density at radius 3 is 2.35 bits per heavy atom. The molecule has 0 fully saturated rings. The van der Waals surface area contributed by atoms with Gasteiger partial charge in [0.25, 0.3) is 0 Å². The Kier molecular flexibility index (Phi) is 3.50. The van der Waals surface area contributed by atoms with Crippen molar-refractivity contribution in [2.45, 2.75) is 18.9 Å². The molecule has 0 bridgehead atoms. The summed E-state index contributed by atoms with van der Waals surface area (Å²) in [6.45, 7) is 0. The summed E-state index contributed by atoms with van der Waals surface area (Å²) in [5.41, 5.74) is 2.40. The molecule has 0 saturated carbocycles. The molecule has 1 aliphatic heterocycles. The van der Waals surface area contributed by atoms with E-state index in [0.717, 1.165) is 30.1 Å².